The second-order valence-corrected chi connectivity index (χ2v) is 5.86. The summed E-state index contributed by atoms with van der Waals surface area (Å²) in [6.45, 7) is 3.98. The molecule has 0 bridgehead atoms. The van der Waals surface area contributed by atoms with Crippen LogP contribution in [0.15, 0.2) is 24.3 Å². The Morgan fingerprint density at radius 2 is 1.81 bits per heavy atom. The molecule has 0 aliphatic rings. The third-order valence-electron chi connectivity index (χ3n) is 1.98. The Bertz CT molecular complexity index is 383. The van der Waals surface area contributed by atoms with Crippen molar-refractivity contribution in [3.8, 4) is 5.75 Å². The van der Waals surface area contributed by atoms with Gasteiger partial charge in [0.25, 0.3) is 3.79 Å². The monoisotopic (exact) mass is 280 g/mol. The second-order valence-electron chi connectivity index (χ2n) is 3.58. The summed E-state index contributed by atoms with van der Waals surface area (Å²) in [6.07, 6.45) is 0. The van der Waals surface area contributed by atoms with Crippen molar-refractivity contribution >= 4 is 40.8 Å². The zero-order valence-corrected chi connectivity index (χ0v) is 11.1. The van der Waals surface area contributed by atoms with Crippen molar-refractivity contribution in [1.29, 1.82) is 0 Å². The van der Waals surface area contributed by atoms with Gasteiger partial charge in [-0.3, -0.25) is 0 Å². The molecule has 0 aliphatic carbocycles. The average Bonchev–Trinajstić information content (AvgIpc) is 2.16. The highest BCUT2D eigenvalue weighted by Crippen LogP contribution is 2.31. The molecule has 0 atom stereocenters. The number of ether oxygens (including phenoxy) is 1. The SMILES string of the molecule is CC(C)c1ccccc1OC(=O)C(Cl)(Cl)Cl. The van der Waals surface area contributed by atoms with E-state index in [9.17, 15) is 4.79 Å². The van der Waals surface area contributed by atoms with E-state index in [4.69, 9.17) is 39.5 Å². The van der Waals surface area contributed by atoms with Crippen molar-refractivity contribution in [3.63, 3.8) is 0 Å². The van der Waals surface area contributed by atoms with E-state index in [1.165, 1.54) is 0 Å². The van der Waals surface area contributed by atoms with Crippen molar-refractivity contribution in [3.05, 3.63) is 29.8 Å². The standard InChI is InChI=1S/C11H11Cl3O2/c1-7(2)8-5-3-4-6-9(8)16-10(15)11(12,13)14/h3-7H,1-2H3. The molecule has 0 saturated heterocycles. The van der Waals surface area contributed by atoms with Crippen LogP contribution >= 0.6 is 34.8 Å². The molecule has 0 saturated carbocycles. The van der Waals surface area contributed by atoms with Crippen LogP contribution in [0.2, 0.25) is 0 Å². The van der Waals surface area contributed by atoms with Gasteiger partial charge in [0.15, 0.2) is 0 Å². The number of alkyl halides is 3. The van der Waals surface area contributed by atoms with E-state index in [0.29, 0.717) is 5.75 Å². The highest BCUT2D eigenvalue weighted by atomic mass is 35.6. The minimum atomic E-state index is -2.05. The lowest BCUT2D eigenvalue weighted by molar-refractivity contribution is -0.133. The third kappa shape index (κ3) is 3.55. The molecule has 0 aromatic heterocycles. The first kappa shape index (κ1) is 13.6. The molecule has 1 aromatic carbocycles. The normalized spacial score (nSPS) is 11.6. The molecule has 16 heavy (non-hydrogen) atoms. The molecule has 1 rings (SSSR count). The van der Waals surface area contributed by atoms with E-state index in [2.05, 4.69) is 0 Å². The van der Waals surface area contributed by atoms with Crippen molar-refractivity contribution in [1.82, 2.24) is 0 Å². The van der Waals surface area contributed by atoms with Crippen LogP contribution in [0.4, 0.5) is 0 Å². The first-order chi connectivity index (χ1) is 7.32. The molecule has 0 amide bonds. The summed E-state index contributed by atoms with van der Waals surface area (Å²) < 4.78 is 2.98. The summed E-state index contributed by atoms with van der Waals surface area (Å²) in [5.41, 5.74) is 0.894. The number of rotatable bonds is 2. The van der Waals surface area contributed by atoms with Crippen LogP contribution in [-0.4, -0.2) is 9.76 Å². The Hall–Kier alpha value is -0.440. The molecular formula is C11H11Cl3O2. The highest BCUT2D eigenvalue weighted by molar-refractivity contribution is 6.75. The number of carbonyl (C=O) groups is 1. The van der Waals surface area contributed by atoms with E-state index >= 15 is 0 Å². The van der Waals surface area contributed by atoms with Crippen molar-refractivity contribution in [2.24, 2.45) is 0 Å². The van der Waals surface area contributed by atoms with Gasteiger partial charge in [0, 0.05) is 0 Å². The number of hydrogen-bond donors (Lipinski definition) is 0. The van der Waals surface area contributed by atoms with Crippen LogP contribution in [0.3, 0.4) is 0 Å². The van der Waals surface area contributed by atoms with Gasteiger partial charge in [-0.15, -0.1) is 0 Å². The molecule has 0 unspecified atom stereocenters. The smallest absolute Gasteiger partial charge is 0.363 e. The van der Waals surface area contributed by atoms with Gasteiger partial charge in [0.2, 0.25) is 0 Å². The molecule has 5 heteroatoms. The van der Waals surface area contributed by atoms with Crippen LogP contribution in [0.1, 0.15) is 25.3 Å². The fourth-order valence-electron chi connectivity index (χ4n) is 1.21. The highest BCUT2D eigenvalue weighted by Gasteiger charge is 2.33. The third-order valence-corrected chi connectivity index (χ3v) is 2.44. The summed E-state index contributed by atoms with van der Waals surface area (Å²) >= 11 is 16.3. The molecule has 88 valence electrons. The summed E-state index contributed by atoms with van der Waals surface area (Å²) in [5.74, 6) is -0.251. The lowest BCUT2D eigenvalue weighted by atomic mass is 10.0. The van der Waals surface area contributed by atoms with Crippen LogP contribution < -0.4 is 4.74 Å². The van der Waals surface area contributed by atoms with Crippen LogP contribution in [0.5, 0.6) is 5.75 Å². The Morgan fingerprint density at radius 3 is 2.31 bits per heavy atom. The van der Waals surface area contributed by atoms with Gasteiger partial charge in [0.05, 0.1) is 0 Å². The molecular weight excluding hydrogens is 270 g/mol. The maximum absolute atomic E-state index is 11.4. The van der Waals surface area contributed by atoms with Crippen LogP contribution in [0.25, 0.3) is 0 Å². The second kappa shape index (κ2) is 5.26. The quantitative estimate of drug-likeness (QED) is 0.464. The molecule has 2 nitrogen and oxygen atoms in total. The van der Waals surface area contributed by atoms with Crippen LogP contribution in [-0.2, 0) is 4.79 Å². The summed E-state index contributed by atoms with van der Waals surface area (Å²) in [5, 5.41) is 0. The Kier molecular flexibility index (Phi) is 4.48. The van der Waals surface area contributed by atoms with Gasteiger partial charge < -0.3 is 4.74 Å². The summed E-state index contributed by atoms with van der Waals surface area (Å²) in [6, 6.07) is 7.16. The van der Waals surface area contributed by atoms with Gasteiger partial charge in [-0.05, 0) is 17.5 Å². The van der Waals surface area contributed by atoms with E-state index < -0.39 is 9.76 Å². The van der Waals surface area contributed by atoms with Gasteiger partial charge in [0.1, 0.15) is 5.75 Å². The fraction of sp³-hybridized carbons (Fsp3) is 0.364. The number of halogens is 3. The molecule has 1 aromatic rings. The van der Waals surface area contributed by atoms with E-state index in [0.717, 1.165) is 5.56 Å². The van der Waals surface area contributed by atoms with Gasteiger partial charge in [-0.2, -0.15) is 0 Å². The molecule has 0 spiro atoms. The number of benzene rings is 1. The van der Waals surface area contributed by atoms with Crippen molar-refractivity contribution in [2.45, 2.75) is 23.6 Å². The molecule has 0 radical (unpaired) electrons. The first-order valence-electron chi connectivity index (χ1n) is 4.70. The first-order valence-corrected chi connectivity index (χ1v) is 5.83. The zero-order valence-electron chi connectivity index (χ0n) is 8.84. The predicted octanol–water partition coefficient (Wildman–Crippen LogP) is 4.09. The van der Waals surface area contributed by atoms with E-state index in [1.54, 1.807) is 12.1 Å². The number of para-hydroxylation sites is 1. The van der Waals surface area contributed by atoms with Crippen LogP contribution in [0, 0.1) is 0 Å². The molecule has 0 aliphatic heterocycles. The zero-order chi connectivity index (χ0) is 12.3. The Labute approximate surface area is 109 Å². The summed E-state index contributed by atoms with van der Waals surface area (Å²) in [4.78, 5) is 11.4. The largest absolute Gasteiger partial charge is 0.423 e. The lowest BCUT2D eigenvalue weighted by Crippen LogP contribution is -2.25. The fourth-order valence-corrected chi connectivity index (χ4v) is 1.32. The van der Waals surface area contributed by atoms with Gasteiger partial charge >= 0.3 is 5.97 Å². The minimum Gasteiger partial charge on any atom is -0.423 e. The molecule has 0 fully saturated rings. The number of hydrogen-bond acceptors (Lipinski definition) is 2. The maximum atomic E-state index is 11.4. The maximum Gasteiger partial charge on any atom is 0.363 e. The van der Waals surface area contributed by atoms with Gasteiger partial charge in [-0.1, -0.05) is 66.8 Å². The Morgan fingerprint density at radius 1 is 1.25 bits per heavy atom. The van der Waals surface area contributed by atoms with Crippen molar-refractivity contribution < 1.29 is 9.53 Å². The predicted molar refractivity (Wildman–Crippen MR) is 66.5 cm³/mol. The van der Waals surface area contributed by atoms with E-state index in [1.807, 2.05) is 26.0 Å². The van der Waals surface area contributed by atoms with Crippen molar-refractivity contribution in [2.75, 3.05) is 0 Å². The van der Waals surface area contributed by atoms with Gasteiger partial charge in [-0.25, -0.2) is 4.79 Å². The molecule has 0 heterocycles. The number of carbonyl (C=O) groups excluding carboxylic acids is 1. The minimum absolute atomic E-state index is 0.222. The lowest BCUT2D eigenvalue weighted by Gasteiger charge is -2.15. The molecule has 0 N–H and O–H groups in total. The van der Waals surface area contributed by atoms with E-state index in [-0.39, 0.29) is 5.92 Å². The Balaban J connectivity index is 2.94. The average molecular weight is 282 g/mol. The number of esters is 1. The summed E-state index contributed by atoms with van der Waals surface area (Å²) in [7, 11) is 0. The topological polar surface area (TPSA) is 26.3 Å².